The van der Waals surface area contributed by atoms with E-state index in [4.69, 9.17) is 0 Å². The number of aryl methyl sites for hydroxylation is 1. The van der Waals surface area contributed by atoms with Crippen molar-refractivity contribution in [3.63, 3.8) is 0 Å². The number of rotatable bonds is 4. The molecule has 1 atom stereocenters. The number of carbonyl (C=O) groups excluding carboxylic acids is 2. The van der Waals surface area contributed by atoms with Gasteiger partial charge in [0.25, 0.3) is 0 Å². The zero-order valence-electron chi connectivity index (χ0n) is 10.9. The molecular weight excluding hydrogens is 260 g/mol. The molecule has 0 bridgehead atoms. The number of benzene rings is 1. The quantitative estimate of drug-likeness (QED) is 0.883. The summed E-state index contributed by atoms with van der Waals surface area (Å²) in [7, 11) is 0. The minimum absolute atomic E-state index is 0.0345. The lowest BCUT2D eigenvalue weighted by Gasteiger charge is -2.20. The van der Waals surface area contributed by atoms with E-state index in [0.29, 0.717) is 6.54 Å². The predicted octanol–water partition coefficient (Wildman–Crippen LogP) is 1.81. The fourth-order valence-electron chi connectivity index (χ4n) is 1.92. The van der Waals surface area contributed by atoms with Crippen LogP contribution < -0.4 is 10.6 Å². The van der Waals surface area contributed by atoms with Crippen LogP contribution in [0.3, 0.4) is 0 Å². The molecule has 2 rings (SSSR count). The average molecular weight is 278 g/mol. The lowest BCUT2D eigenvalue weighted by molar-refractivity contribution is -0.123. The van der Waals surface area contributed by atoms with E-state index in [2.05, 4.69) is 17.6 Å². The maximum Gasteiger partial charge on any atom is 0.233 e. The third-order valence-electron chi connectivity index (χ3n) is 3.03. The molecule has 5 heteroatoms. The maximum absolute atomic E-state index is 11.9. The molecule has 0 radical (unpaired) electrons. The van der Waals surface area contributed by atoms with Gasteiger partial charge in [-0.2, -0.15) is 0 Å². The highest BCUT2D eigenvalue weighted by Gasteiger charge is 2.25. The van der Waals surface area contributed by atoms with E-state index in [1.807, 2.05) is 24.3 Å². The van der Waals surface area contributed by atoms with E-state index in [9.17, 15) is 9.59 Å². The summed E-state index contributed by atoms with van der Waals surface area (Å²) in [6.45, 7) is 2.78. The molecule has 0 saturated carbocycles. The predicted molar refractivity (Wildman–Crippen MR) is 78.3 cm³/mol. The van der Waals surface area contributed by atoms with Crippen LogP contribution in [0.25, 0.3) is 0 Å². The highest BCUT2D eigenvalue weighted by atomic mass is 32.2. The second-order valence-electron chi connectivity index (χ2n) is 4.45. The molecule has 1 aliphatic rings. The van der Waals surface area contributed by atoms with Crippen molar-refractivity contribution >= 4 is 29.3 Å². The molecule has 1 aromatic carbocycles. The number of thioether (sulfide) groups is 1. The Morgan fingerprint density at radius 2 is 2.16 bits per heavy atom. The van der Waals surface area contributed by atoms with Gasteiger partial charge in [-0.1, -0.05) is 19.1 Å². The first-order valence-electron chi connectivity index (χ1n) is 6.47. The van der Waals surface area contributed by atoms with Crippen molar-refractivity contribution in [2.45, 2.75) is 25.0 Å². The van der Waals surface area contributed by atoms with E-state index in [-0.39, 0.29) is 23.5 Å². The largest absolute Gasteiger partial charge is 0.354 e. The van der Waals surface area contributed by atoms with Gasteiger partial charge in [-0.25, -0.2) is 0 Å². The SMILES string of the molecule is CCc1ccc(NC(=O)CC2SCCNC2=O)cc1. The van der Waals surface area contributed by atoms with Crippen LogP contribution >= 0.6 is 11.8 Å². The average Bonchev–Trinajstić information content (AvgIpc) is 2.42. The van der Waals surface area contributed by atoms with Gasteiger partial charge in [0.1, 0.15) is 0 Å². The molecule has 1 aliphatic heterocycles. The minimum atomic E-state index is -0.260. The molecule has 1 saturated heterocycles. The lowest BCUT2D eigenvalue weighted by atomic mass is 10.1. The Kier molecular flexibility index (Phi) is 4.85. The van der Waals surface area contributed by atoms with Gasteiger partial charge in [-0.15, -0.1) is 11.8 Å². The number of anilines is 1. The van der Waals surface area contributed by atoms with E-state index in [1.165, 1.54) is 5.56 Å². The van der Waals surface area contributed by atoms with Crippen molar-refractivity contribution in [2.75, 3.05) is 17.6 Å². The Labute approximate surface area is 117 Å². The van der Waals surface area contributed by atoms with Crippen molar-refractivity contribution in [3.05, 3.63) is 29.8 Å². The standard InChI is InChI=1S/C14H18N2O2S/c1-2-10-3-5-11(6-4-10)16-13(17)9-12-14(18)15-7-8-19-12/h3-6,12H,2,7-9H2,1H3,(H,15,18)(H,16,17). The monoisotopic (exact) mass is 278 g/mol. The molecule has 2 N–H and O–H groups in total. The van der Waals surface area contributed by atoms with Crippen molar-refractivity contribution in [3.8, 4) is 0 Å². The molecular formula is C14H18N2O2S. The van der Waals surface area contributed by atoms with E-state index in [1.54, 1.807) is 11.8 Å². The fourth-order valence-corrected chi connectivity index (χ4v) is 2.93. The molecule has 4 nitrogen and oxygen atoms in total. The van der Waals surface area contributed by atoms with Gasteiger partial charge in [0.15, 0.2) is 0 Å². The Balaban J connectivity index is 1.87. The molecule has 19 heavy (non-hydrogen) atoms. The molecule has 102 valence electrons. The number of hydrogen-bond donors (Lipinski definition) is 2. The van der Waals surface area contributed by atoms with Crippen molar-refractivity contribution in [1.29, 1.82) is 0 Å². The molecule has 1 heterocycles. The fraction of sp³-hybridized carbons (Fsp3) is 0.429. The summed E-state index contributed by atoms with van der Waals surface area (Å²) < 4.78 is 0. The lowest BCUT2D eigenvalue weighted by Crippen LogP contribution is -2.40. The van der Waals surface area contributed by atoms with Crippen LogP contribution in [-0.2, 0) is 16.0 Å². The molecule has 1 aromatic rings. The van der Waals surface area contributed by atoms with Crippen LogP contribution in [-0.4, -0.2) is 29.4 Å². The molecule has 2 amide bonds. The topological polar surface area (TPSA) is 58.2 Å². The number of carbonyl (C=O) groups is 2. The Morgan fingerprint density at radius 1 is 1.42 bits per heavy atom. The van der Waals surface area contributed by atoms with Crippen molar-refractivity contribution in [2.24, 2.45) is 0 Å². The van der Waals surface area contributed by atoms with E-state index in [0.717, 1.165) is 17.9 Å². The van der Waals surface area contributed by atoms with Gasteiger partial charge < -0.3 is 10.6 Å². The third kappa shape index (κ3) is 3.99. The number of hydrogen-bond acceptors (Lipinski definition) is 3. The van der Waals surface area contributed by atoms with Crippen LogP contribution in [0.5, 0.6) is 0 Å². The molecule has 0 aliphatic carbocycles. The maximum atomic E-state index is 11.9. The first-order chi connectivity index (χ1) is 9.19. The highest BCUT2D eigenvalue weighted by Crippen LogP contribution is 2.19. The number of nitrogens with one attached hydrogen (secondary N) is 2. The van der Waals surface area contributed by atoms with Crippen LogP contribution in [0.2, 0.25) is 0 Å². The highest BCUT2D eigenvalue weighted by molar-refractivity contribution is 8.00. The van der Waals surface area contributed by atoms with Gasteiger partial charge in [0, 0.05) is 24.4 Å². The summed E-state index contributed by atoms with van der Waals surface area (Å²) in [4.78, 5) is 23.4. The van der Waals surface area contributed by atoms with Gasteiger partial charge in [0.2, 0.25) is 11.8 Å². The van der Waals surface area contributed by atoms with E-state index >= 15 is 0 Å². The van der Waals surface area contributed by atoms with E-state index < -0.39 is 0 Å². The van der Waals surface area contributed by atoms with Crippen molar-refractivity contribution < 1.29 is 9.59 Å². The zero-order valence-corrected chi connectivity index (χ0v) is 11.8. The molecule has 1 unspecified atom stereocenters. The molecule has 1 fully saturated rings. The van der Waals surface area contributed by atoms with Gasteiger partial charge in [-0.05, 0) is 24.1 Å². The summed E-state index contributed by atoms with van der Waals surface area (Å²) in [5.41, 5.74) is 2.02. The molecule has 0 aromatic heterocycles. The van der Waals surface area contributed by atoms with Crippen LogP contribution in [0.15, 0.2) is 24.3 Å². The summed E-state index contributed by atoms with van der Waals surface area (Å²) in [5, 5.41) is 5.34. The summed E-state index contributed by atoms with van der Waals surface area (Å²) in [5.74, 6) is 0.723. The normalized spacial score (nSPS) is 18.8. The van der Waals surface area contributed by atoms with Gasteiger partial charge >= 0.3 is 0 Å². The Hall–Kier alpha value is -1.49. The Morgan fingerprint density at radius 3 is 2.79 bits per heavy atom. The number of amides is 2. The van der Waals surface area contributed by atoms with Crippen LogP contribution in [0.1, 0.15) is 18.9 Å². The first-order valence-corrected chi connectivity index (χ1v) is 7.52. The summed E-state index contributed by atoms with van der Waals surface area (Å²) >= 11 is 1.54. The smallest absolute Gasteiger partial charge is 0.233 e. The Bertz CT molecular complexity index is 459. The molecule has 0 spiro atoms. The first kappa shape index (κ1) is 13.9. The van der Waals surface area contributed by atoms with Gasteiger partial charge in [0.05, 0.1) is 5.25 Å². The second kappa shape index (κ2) is 6.61. The zero-order chi connectivity index (χ0) is 13.7. The van der Waals surface area contributed by atoms with Crippen molar-refractivity contribution in [1.82, 2.24) is 5.32 Å². The van der Waals surface area contributed by atoms with Crippen LogP contribution in [0.4, 0.5) is 5.69 Å². The minimum Gasteiger partial charge on any atom is -0.354 e. The summed E-state index contributed by atoms with van der Waals surface area (Å²) in [6.07, 6.45) is 1.21. The third-order valence-corrected chi connectivity index (χ3v) is 4.25. The van der Waals surface area contributed by atoms with Crippen LogP contribution in [0, 0.1) is 0 Å². The van der Waals surface area contributed by atoms with Gasteiger partial charge in [-0.3, -0.25) is 9.59 Å². The summed E-state index contributed by atoms with van der Waals surface area (Å²) in [6, 6.07) is 7.78. The second-order valence-corrected chi connectivity index (χ2v) is 5.76.